The van der Waals surface area contributed by atoms with Gasteiger partial charge in [0, 0.05) is 25.7 Å². The highest BCUT2D eigenvalue weighted by Gasteiger charge is 2.33. The summed E-state index contributed by atoms with van der Waals surface area (Å²) in [5.74, 6) is 0.771. The average molecular weight is 241 g/mol. The number of aliphatic hydroxyl groups excluding tert-OH is 1. The standard InChI is InChI=1S/C14H27NO2/c1-3-17-12-6-8-15(9-7-12)13-10-11(2)4-5-14(13)16/h11-14,16H,3-10H2,1-2H3. The maximum atomic E-state index is 10.1. The van der Waals surface area contributed by atoms with E-state index in [0.717, 1.165) is 44.9 Å². The molecule has 3 unspecified atom stereocenters. The molecule has 1 aliphatic carbocycles. The zero-order valence-corrected chi connectivity index (χ0v) is 11.3. The molecular weight excluding hydrogens is 214 g/mol. The largest absolute Gasteiger partial charge is 0.391 e. The van der Waals surface area contributed by atoms with Crippen LogP contribution in [0.3, 0.4) is 0 Å². The van der Waals surface area contributed by atoms with Gasteiger partial charge < -0.3 is 9.84 Å². The number of rotatable bonds is 3. The predicted octanol–water partition coefficient (Wildman–Crippen LogP) is 2.04. The van der Waals surface area contributed by atoms with E-state index in [1.54, 1.807) is 0 Å². The van der Waals surface area contributed by atoms with E-state index < -0.39 is 0 Å². The van der Waals surface area contributed by atoms with Crippen molar-refractivity contribution in [2.75, 3.05) is 19.7 Å². The lowest BCUT2D eigenvalue weighted by molar-refractivity contribution is -0.0383. The molecule has 2 rings (SSSR count). The Morgan fingerprint density at radius 1 is 1.18 bits per heavy atom. The van der Waals surface area contributed by atoms with Gasteiger partial charge in [0.1, 0.15) is 0 Å². The van der Waals surface area contributed by atoms with Crippen molar-refractivity contribution < 1.29 is 9.84 Å². The molecule has 1 N–H and O–H groups in total. The summed E-state index contributed by atoms with van der Waals surface area (Å²) < 4.78 is 5.68. The first-order valence-corrected chi connectivity index (χ1v) is 7.24. The van der Waals surface area contributed by atoms with Crippen LogP contribution in [0.15, 0.2) is 0 Å². The van der Waals surface area contributed by atoms with E-state index >= 15 is 0 Å². The average Bonchev–Trinajstić information content (AvgIpc) is 2.34. The fourth-order valence-corrected chi connectivity index (χ4v) is 3.34. The molecule has 0 aromatic heterocycles. The first-order valence-electron chi connectivity index (χ1n) is 7.24. The SMILES string of the molecule is CCOC1CCN(C2CC(C)CCC2O)CC1. The Morgan fingerprint density at radius 3 is 2.53 bits per heavy atom. The topological polar surface area (TPSA) is 32.7 Å². The molecular formula is C14H27NO2. The quantitative estimate of drug-likeness (QED) is 0.820. The Bertz CT molecular complexity index is 226. The maximum absolute atomic E-state index is 10.1. The van der Waals surface area contributed by atoms with Crippen molar-refractivity contribution in [3.05, 3.63) is 0 Å². The summed E-state index contributed by atoms with van der Waals surface area (Å²) >= 11 is 0. The van der Waals surface area contributed by atoms with Crippen LogP contribution in [0.25, 0.3) is 0 Å². The van der Waals surface area contributed by atoms with Crippen LogP contribution in [0, 0.1) is 5.92 Å². The highest BCUT2D eigenvalue weighted by atomic mass is 16.5. The van der Waals surface area contributed by atoms with Crippen LogP contribution < -0.4 is 0 Å². The molecule has 3 heteroatoms. The van der Waals surface area contributed by atoms with E-state index in [4.69, 9.17) is 4.74 Å². The van der Waals surface area contributed by atoms with Gasteiger partial charge in [-0.3, -0.25) is 4.90 Å². The number of hydrogen-bond acceptors (Lipinski definition) is 3. The number of likely N-dealkylation sites (tertiary alicyclic amines) is 1. The Balaban J connectivity index is 1.82. The molecule has 0 spiro atoms. The molecule has 0 aromatic carbocycles. The van der Waals surface area contributed by atoms with Gasteiger partial charge in [-0.05, 0) is 44.9 Å². The van der Waals surface area contributed by atoms with Gasteiger partial charge in [0.25, 0.3) is 0 Å². The van der Waals surface area contributed by atoms with E-state index in [9.17, 15) is 5.11 Å². The number of nitrogens with zero attached hydrogens (tertiary/aromatic N) is 1. The lowest BCUT2D eigenvalue weighted by Gasteiger charge is -2.43. The summed E-state index contributed by atoms with van der Waals surface area (Å²) in [4.78, 5) is 2.50. The lowest BCUT2D eigenvalue weighted by Crippen LogP contribution is -2.51. The first kappa shape index (κ1) is 13.3. The summed E-state index contributed by atoms with van der Waals surface area (Å²) in [7, 11) is 0. The highest BCUT2D eigenvalue weighted by molar-refractivity contribution is 4.88. The van der Waals surface area contributed by atoms with Gasteiger partial charge in [0.05, 0.1) is 12.2 Å². The smallest absolute Gasteiger partial charge is 0.0695 e. The lowest BCUT2D eigenvalue weighted by atomic mass is 9.83. The van der Waals surface area contributed by atoms with Crippen molar-refractivity contribution in [2.45, 2.75) is 64.2 Å². The molecule has 0 amide bonds. The normalized spacial score (nSPS) is 37.2. The summed E-state index contributed by atoms with van der Waals surface area (Å²) in [6.07, 6.45) is 5.95. The van der Waals surface area contributed by atoms with E-state index in [1.807, 2.05) is 0 Å². The van der Waals surface area contributed by atoms with E-state index in [2.05, 4.69) is 18.7 Å². The first-order chi connectivity index (χ1) is 8.20. The molecule has 1 saturated heterocycles. The molecule has 1 saturated carbocycles. The third kappa shape index (κ3) is 3.43. The van der Waals surface area contributed by atoms with Gasteiger partial charge >= 0.3 is 0 Å². The van der Waals surface area contributed by atoms with Crippen molar-refractivity contribution in [3.63, 3.8) is 0 Å². The fourth-order valence-electron chi connectivity index (χ4n) is 3.34. The number of piperidine rings is 1. The zero-order chi connectivity index (χ0) is 12.3. The van der Waals surface area contributed by atoms with Crippen LogP contribution in [-0.2, 0) is 4.74 Å². The van der Waals surface area contributed by atoms with Crippen LogP contribution in [0.2, 0.25) is 0 Å². The van der Waals surface area contributed by atoms with Crippen LogP contribution >= 0.6 is 0 Å². The maximum Gasteiger partial charge on any atom is 0.0695 e. The molecule has 2 fully saturated rings. The van der Waals surface area contributed by atoms with Crippen molar-refractivity contribution in [2.24, 2.45) is 5.92 Å². The van der Waals surface area contributed by atoms with Gasteiger partial charge in [-0.25, -0.2) is 0 Å². The van der Waals surface area contributed by atoms with E-state index in [0.29, 0.717) is 12.1 Å². The molecule has 100 valence electrons. The second kappa shape index (κ2) is 6.17. The van der Waals surface area contributed by atoms with Crippen LogP contribution in [0.5, 0.6) is 0 Å². The Kier molecular flexibility index (Phi) is 4.83. The van der Waals surface area contributed by atoms with Crippen LogP contribution in [-0.4, -0.2) is 48.0 Å². The highest BCUT2D eigenvalue weighted by Crippen LogP contribution is 2.29. The minimum absolute atomic E-state index is 0.102. The number of hydrogen-bond donors (Lipinski definition) is 1. The third-order valence-electron chi connectivity index (χ3n) is 4.39. The second-order valence-corrected chi connectivity index (χ2v) is 5.74. The van der Waals surface area contributed by atoms with Gasteiger partial charge in [0.15, 0.2) is 0 Å². The monoisotopic (exact) mass is 241 g/mol. The molecule has 0 radical (unpaired) electrons. The summed E-state index contributed by atoms with van der Waals surface area (Å²) in [5, 5.41) is 10.1. The van der Waals surface area contributed by atoms with Crippen molar-refractivity contribution in [3.8, 4) is 0 Å². The molecule has 1 heterocycles. The minimum Gasteiger partial charge on any atom is -0.391 e. The molecule has 3 atom stereocenters. The van der Waals surface area contributed by atoms with Crippen LogP contribution in [0.1, 0.15) is 46.0 Å². The summed E-state index contributed by atoms with van der Waals surface area (Å²) in [6, 6.07) is 0.404. The molecule has 3 nitrogen and oxygen atoms in total. The summed E-state index contributed by atoms with van der Waals surface area (Å²) in [6.45, 7) is 7.40. The minimum atomic E-state index is -0.102. The molecule has 2 aliphatic rings. The fraction of sp³-hybridized carbons (Fsp3) is 1.00. The zero-order valence-electron chi connectivity index (χ0n) is 11.3. The molecule has 0 bridgehead atoms. The Labute approximate surface area is 105 Å². The molecule has 1 aliphatic heterocycles. The second-order valence-electron chi connectivity index (χ2n) is 5.74. The Morgan fingerprint density at radius 2 is 1.88 bits per heavy atom. The molecule has 17 heavy (non-hydrogen) atoms. The van der Waals surface area contributed by atoms with E-state index in [1.165, 1.54) is 12.8 Å². The van der Waals surface area contributed by atoms with Gasteiger partial charge in [-0.2, -0.15) is 0 Å². The number of ether oxygens (including phenoxy) is 1. The predicted molar refractivity (Wildman–Crippen MR) is 69.0 cm³/mol. The van der Waals surface area contributed by atoms with Gasteiger partial charge in [-0.15, -0.1) is 0 Å². The number of aliphatic hydroxyl groups is 1. The Hall–Kier alpha value is -0.120. The summed E-state index contributed by atoms with van der Waals surface area (Å²) in [5.41, 5.74) is 0. The molecule has 0 aromatic rings. The van der Waals surface area contributed by atoms with Crippen molar-refractivity contribution >= 4 is 0 Å². The van der Waals surface area contributed by atoms with Gasteiger partial charge in [-0.1, -0.05) is 6.92 Å². The van der Waals surface area contributed by atoms with E-state index in [-0.39, 0.29) is 6.10 Å². The van der Waals surface area contributed by atoms with Crippen molar-refractivity contribution in [1.29, 1.82) is 0 Å². The van der Waals surface area contributed by atoms with Crippen LogP contribution in [0.4, 0.5) is 0 Å². The third-order valence-corrected chi connectivity index (χ3v) is 4.39. The van der Waals surface area contributed by atoms with Gasteiger partial charge in [0.2, 0.25) is 0 Å². The van der Waals surface area contributed by atoms with Crippen molar-refractivity contribution in [1.82, 2.24) is 4.90 Å².